The van der Waals surface area contributed by atoms with Crippen LogP contribution in [-0.2, 0) is 11.3 Å². The summed E-state index contributed by atoms with van der Waals surface area (Å²) in [6.45, 7) is 7.31. The molecule has 2 aliphatic rings. The Balaban J connectivity index is 1.48. The summed E-state index contributed by atoms with van der Waals surface area (Å²) in [7, 11) is 0. The van der Waals surface area contributed by atoms with Crippen molar-refractivity contribution in [2.45, 2.75) is 45.6 Å². The van der Waals surface area contributed by atoms with E-state index in [1.165, 1.54) is 19.3 Å². The van der Waals surface area contributed by atoms with Crippen LogP contribution in [-0.4, -0.2) is 82.0 Å². The Bertz CT molecular complexity index is 863. The zero-order valence-electron chi connectivity index (χ0n) is 17.7. The third-order valence-electron chi connectivity index (χ3n) is 5.98. The van der Waals surface area contributed by atoms with E-state index in [1.54, 1.807) is 16.2 Å². The fraction of sp³-hybridized carbons (Fsp3) is 0.667. The monoisotopic (exact) mass is 433 g/mol. The number of rotatable bonds is 4. The number of hydrogen-bond acceptors (Lipinski definition) is 6. The van der Waals surface area contributed by atoms with Gasteiger partial charge in [0.1, 0.15) is 0 Å². The quantitative estimate of drug-likeness (QED) is 0.741. The number of likely N-dealkylation sites (tertiary alicyclic amines) is 1. The van der Waals surface area contributed by atoms with Gasteiger partial charge in [-0.05, 0) is 19.8 Å². The summed E-state index contributed by atoms with van der Waals surface area (Å²) in [5.74, 6) is 0.0629. The van der Waals surface area contributed by atoms with Gasteiger partial charge in [-0.15, -0.1) is 11.3 Å². The van der Waals surface area contributed by atoms with Gasteiger partial charge in [0, 0.05) is 57.4 Å². The van der Waals surface area contributed by atoms with Gasteiger partial charge in [-0.1, -0.05) is 19.3 Å². The predicted octanol–water partition coefficient (Wildman–Crippen LogP) is 3.08. The predicted molar refractivity (Wildman–Crippen MR) is 116 cm³/mol. The normalized spacial score (nSPS) is 19.0. The highest BCUT2D eigenvalue weighted by Gasteiger charge is 2.28. The van der Waals surface area contributed by atoms with Crippen molar-refractivity contribution in [3.63, 3.8) is 0 Å². The van der Waals surface area contributed by atoms with Crippen LogP contribution in [0.1, 0.15) is 55.2 Å². The molecule has 30 heavy (non-hydrogen) atoms. The smallest absolute Gasteiger partial charge is 0.409 e. The number of fused-ring (bicyclic) bond motifs is 1. The fourth-order valence-electron chi connectivity index (χ4n) is 4.27. The Labute approximate surface area is 181 Å². The summed E-state index contributed by atoms with van der Waals surface area (Å²) >= 11 is 1.56. The van der Waals surface area contributed by atoms with Crippen molar-refractivity contribution in [1.29, 1.82) is 0 Å². The molecular formula is C21H31N5O3S. The number of imidazole rings is 1. The molecule has 2 amide bonds. The molecule has 8 nitrogen and oxygen atoms in total. The minimum absolute atomic E-state index is 0.0629. The van der Waals surface area contributed by atoms with Gasteiger partial charge in [0.25, 0.3) is 5.91 Å². The zero-order chi connectivity index (χ0) is 20.9. The lowest BCUT2D eigenvalue weighted by Crippen LogP contribution is -2.48. The van der Waals surface area contributed by atoms with Crippen LogP contribution in [0.3, 0.4) is 0 Å². The third-order valence-corrected chi connectivity index (χ3v) is 6.74. The van der Waals surface area contributed by atoms with E-state index < -0.39 is 0 Å². The maximum absolute atomic E-state index is 13.4. The molecule has 9 heteroatoms. The molecule has 2 aromatic heterocycles. The SMILES string of the molecule is CCOC(=O)N1CCN(Cc2c(C(=O)N3CCCCCCC3)nc3sccn23)CC1. The van der Waals surface area contributed by atoms with E-state index in [1.807, 2.05) is 23.4 Å². The van der Waals surface area contributed by atoms with Crippen molar-refractivity contribution in [3.8, 4) is 0 Å². The number of aromatic nitrogens is 2. The molecular weight excluding hydrogens is 402 g/mol. The van der Waals surface area contributed by atoms with Crippen LogP contribution < -0.4 is 0 Å². The van der Waals surface area contributed by atoms with E-state index in [9.17, 15) is 9.59 Å². The minimum atomic E-state index is -0.241. The Hall–Kier alpha value is -2.13. The number of ether oxygens (including phenoxy) is 1. The third kappa shape index (κ3) is 4.62. The van der Waals surface area contributed by atoms with E-state index in [0.29, 0.717) is 31.9 Å². The second-order valence-corrected chi connectivity index (χ2v) is 8.86. The van der Waals surface area contributed by atoms with Crippen molar-refractivity contribution in [2.75, 3.05) is 45.9 Å². The molecule has 0 aliphatic carbocycles. The maximum Gasteiger partial charge on any atom is 0.409 e. The number of carbonyl (C=O) groups excluding carboxylic acids is 2. The van der Waals surface area contributed by atoms with Crippen molar-refractivity contribution in [1.82, 2.24) is 24.1 Å². The lowest BCUT2D eigenvalue weighted by atomic mass is 10.1. The average molecular weight is 434 g/mol. The summed E-state index contributed by atoms with van der Waals surface area (Å²) < 4.78 is 7.17. The lowest BCUT2D eigenvalue weighted by molar-refractivity contribution is 0.0727. The molecule has 2 saturated heterocycles. The van der Waals surface area contributed by atoms with Crippen LogP contribution in [0.5, 0.6) is 0 Å². The van der Waals surface area contributed by atoms with Crippen LogP contribution in [0.4, 0.5) is 4.79 Å². The molecule has 0 bridgehead atoms. The first-order valence-electron chi connectivity index (χ1n) is 11.0. The second-order valence-electron chi connectivity index (χ2n) is 7.98. The van der Waals surface area contributed by atoms with Gasteiger partial charge >= 0.3 is 6.09 Å². The second kappa shape index (κ2) is 9.78. The lowest BCUT2D eigenvalue weighted by Gasteiger charge is -2.34. The van der Waals surface area contributed by atoms with E-state index in [-0.39, 0.29) is 12.0 Å². The van der Waals surface area contributed by atoms with Gasteiger partial charge in [-0.3, -0.25) is 14.1 Å². The molecule has 4 rings (SSSR count). The Morgan fingerprint density at radius 1 is 1.00 bits per heavy atom. The van der Waals surface area contributed by atoms with Gasteiger partial charge < -0.3 is 14.5 Å². The summed E-state index contributed by atoms with van der Waals surface area (Å²) in [5.41, 5.74) is 1.55. The Kier molecular flexibility index (Phi) is 6.89. The standard InChI is InChI=1S/C21H31N5O3S/c1-2-29-21(28)25-12-10-23(11-13-25)16-17-18(22-20-26(17)14-15-30-20)19(27)24-8-6-4-3-5-7-9-24/h14-15H,2-13,16H2,1H3. The van der Waals surface area contributed by atoms with Gasteiger partial charge in [-0.2, -0.15) is 0 Å². The molecule has 0 atom stereocenters. The van der Waals surface area contributed by atoms with Gasteiger partial charge in [-0.25, -0.2) is 9.78 Å². The number of hydrogen-bond donors (Lipinski definition) is 0. The first-order chi connectivity index (χ1) is 14.7. The summed E-state index contributed by atoms with van der Waals surface area (Å²) in [6.07, 6.45) is 7.55. The minimum Gasteiger partial charge on any atom is -0.450 e. The highest BCUT2D eigenvalue weighted by molar-refractivity contribution is 7.15. The first-order valence-corrected chi connectivity index (χ1v) is 11.9. The fourth-order valence-corrected chi connectivity index (χ4v) is 5.00. The van der Waals surface area contributed by atoms with Gasteiger partial charge in [0.2, 0.25) is 0 Å². The highest BCUT2D eigenvalue weighted by atomic mass is 32.1. The molecule has 0 radical (unpaired) electrons. The molecule has 4 heterocycles. The molecule has 2 aliphatic heterocycles. The number of amides is 2. The topological polar surface area (TPSA) is 70.4 Å². The van der Waals surface area contributed by atoms with E-state index in [4.69, 9.17) is 9.72 Å². The number of nitrogens with zero attached hydrogens (tertiary/aromatic N) is 5. The van der Waals surface area contributed by atoms with E-state index in [2.05, 4.69) is 9.30 Å². The number of thiazole rings is 1. The van der Waals surface area contributed by atoms with Gasteiger partial charge in [0.05, 0.1) is 12.3 Å². The van der Waals surface area contributed by atoms with Crippen molar-refractivity contribution in [3.05, 3.63) is 23.0 Å². The molecule has 0 N–H and O–H groups in total. The van der Waals surface area contributed by atoms with Crippen LogP contribution in [0.25, 0.3) is 4.96 Å². The van der Waals surface area contributed by atoms with E-state index >= 15 is 0 Å². The summed E-state index contributed by atoms with van der Waals surface area (Å²) in [5, 5.41) is 2.01. The zero-order valence-corrected chi connectivity index (χ0v) is 18.5. The molecule has 164 valence electrons. The molecule has 0 saturated carbocycles. The highest BCUT2D eigenvalue weighted by Crippen LogP contribution is 2.22. The molecule has 0 unspecified atom stereocenters. The Morgan fingerprint density at radius 3 is 2.40 bits per heavy atom. The van der Waals surface area contributed by atoms with Crippen LogP contribution in [0.2, 0.25) is 0 Å². The Morgan fingerprint density at radius 2 is 1.70 bits per heavy atom. The summed E-state index contributed by atoms with van der Waals surface area (Å²) in [6, 6.07) is 0. The maximum atomic E-state index is 13.4. The number of piperazine rings is 1. The van der Waals surface area contributed by atoms with E-state index in [0.717, 1.165) is 49.7 Å². The first kappa shape index (κ1) is 21.1. The van der Waals surface area contributed by atoms with Crippen molar-refractivity contribution >= 4 is 28.3 Å². The molecule has 0 spiro atoms. The van der Waals surface area contributed by atoms with Crippen molar-refractivity contribution in [2.24, 2.45) is 0 Å². The average Bonchev–Trinajstić information content (AvgIpc) is 3.31. The molecule has 0 aromatic carbocycles. The van der Waals surface area contributed by atoms with Crippen LogP contribution in [0, 0.1) is 0 Å². The molecule has 2 fully saturated rings. The largest absolute Gasteiger partial charge is 0.450 e. The number of carbonyl (C=O) groups is 2. The molecule has 2 aromatic rings. The van der Waals surface area contributed by atoms with Crippen LogP contribution in [0.15, 0.2) is 11.6 Å². The summed E-state index contributed by atoms with van der Waals surface area (Å²) in [4.78, 5) is 36.9. The van der Waals surface area contributed by atoms with Crippen LogP contribution >= 0.6 is 11.3 Å². The van der Waals surface area contributed by atoms with Gasteiger partial charge in [0.15, 0.2) is 10.7 Å². The van der Waals surface area contributed by atoms with Crippen molar-refractivity contribution < 1.29 is 14.3 Å².